The fraction of sp³-hybridized carbons (Fsp3) is 0.312. The molecule has 0 fully saturated rings. The molecular formula is C16H19N5. The first-order valence-electron chi connectivity index (χ1n) is 7.18. The molecule has 0 saturated carbocycles. The molecule has 0 saturated heterocycles. The van der Waals surface area contributed by atoms with E-state index >= 15 is 0 Å². The highest BCUT2D eigenvalue weighted by Crippen LogP contribution is 2.11. The average molecular weight is 281 g/mol. The van der Waals surface area contributed by atoms with Crippen molar-refractivity contribution in [3.05, 3.63) is 53.9 Å². The molecule has 3 aromatic rings. The number of nitrogens with one attached hydrogen (secondary N) is 1. The van der Waals surface area contributed by atoms with E-state index in [4.69, 9.17) is 0 Å². The molecule has 2 aromatic heterocycles. The van der Waals surface area contributed by atoms with Crippen LogP contribution in [0.5, 0.6) is 0 Å². The molecule has 0 amide bonds. The molecule has 5 heteroatoms. The van der Waals surface area contributed by atoms with E-state index in [9.17, 15) is 0 Å². The van der Waals surface area contributed by atoms with Crippen LogP contribution < -0.4 is 5.32 Å². The highest BCUT2D eigenvalue weighted by Gasteiger charge is 2.05. The third-order valence-corrected chi connectivity index (χ3v) is 3.33. The lowest BCUT2D eigenvalue weighted by Gasteiger charge is -2.08. The van der Waals surface area contributed by atoms with E-state index in [1.54, 1.807) is 0 Å². The Hall–Kier alpha value is -2.27. The van der Waals surface area contributed by atoms with Gasteiger partial charge >= 0.3 is 0 Å². The van der Waals surface area contributed by atoms with Crippen molar-refractivity contribution in [3.8, 4) is 0 Å². The van der Waals surface area contributed by atoms with Crippen LogP contribution in [0.15, 0.2) is 42.6 Å². The predicted octanol–water partition coefficient (Wildman–Crippen LogP) is 2.37. The Kier molecular flexibility index (Phi) is 3.92. The second kappa shape index (κ2) is 6.01. The lowest BCUT2D eigenvalue weighted by atomic mass is 10.2. The molecule has 3 rings (SSSR count). The molecule has 1 N–H and O–H groups in total. The Labute approximate surface area is 124 Å². The van der Waals surface area contributed by atoms with Gasteiger partial charge in [-0.3, -0.25) is 4.98 Å². The Morgan fingerprint density at radius 1 is 1.14 bits per heavy atom. The minimum atomic E-state index is 0.478. The van der Waals surface area contributed by atoms with Crippen molar-refractivity contribution < 1.29 is 0 Å². The van der Waals surface area contributed by atoms with Crippen molar-refractivity contribution >= 4 is 11.0 Å². The number of rotatable bonds is 5. The molecule has 0 aliphatic carbocycles. The Morgan fingerprint density at radius 2 is 2.00 bits per heavy atom. The van der Waals surface area contributed by atoms with E-state index in [1.165, 1.54) is 5.56 Å². The van der Waals surface area contributed by atoms with Crippen LogP contribution in [0.4, 0.5) is 0 Å². The van der Waals surface area contributed by atoms with Crippen LogP contribution in [0, 0.1) is 0 Å². The van der Waals surface area contributed by atoms with Gasteiger partial charge in [-0.25, -0.2) is 4.68 Å². The quantitative estimate of drug-likeness (QED) is 0.780. The molecule has 0 bridgehead atoms. The second-order valence-corrected chi connectivity index (χ2v) is 5.43. The number of hydrogen-bond donors (Lipinski definition) is 1. The summed E-state index contributed by atoms with van der Waals surface area (Å²) in [6, 6.07) is 12.6. The van der Waals surface area contributed by atoms with Gasteiger partial charge in [-0.15, -0.1) is 5.10 Å². The van der Waals surface area contributed by atoms with Crippen LogP contribution in [0.1, 0.15) is 25.1 Å². The molecule has 5 nitrogen and oxygen atoms in total. The van der Waals surface area contributed by atoms with Crippen molar-refractivity contribution in [1.82, 2.24) is 25.3 Å². The van der Waals surface area contributed by atoms with Crippen molar-refractivity contribution in [2.45, 2.75) is 33.0 Å². The van der Waals surface area contributed by atoms with Crippen molar-refractivity contribution in [3.63, 3.8) is 0 Å². The van der Waals surface area contributed by atoms with Gasteiger partial charge in [0.05, 0.1) is 17.8 Å². The summed E-state index contributed by atoms with van der Waals surface area (Å²) in [5, 5.41) is 11.7. The molecule has 108 valence electrons. The first-order valence-corrected chi connectivity index (χ1v) is 7.18. The SMILES string of the molecule is CC(C)NCc1ccc(Cn2nnc3ccccc32)nc1. The molecular weight excluding hydrogens is 262 g/mol. The van der Waals surface area contributed by atoms with Crippen LogP contribution in [0.2, 0.25) is 0 Å². The van der Waals surface area contributed by atoms with E-state index in [1.807, 2.05) is 41.2 Å². The van der Waals surface area contributed by atoms with E-state index < -0.39 is 0 Å². The maximum absolute atomic E-state index is 4.51. The summed E-state index contributed by atoms with van der Waals surface area (Å²) >= 11 is 0. The standard InChI is InChI=1S/C16H19N5/c1-12(2)17-9-13-7-8-14(18-10-13)11-21-16-6-4-3-5-15(16)19-20-21/h3-8,10,12,17H,9,11H2,1-2H3. The molecule has 0 atom stereocenters. The molecule has 0 unspecified atom stereocenters. The predicted molar refractivity (Wildman–Crippen MR) is 82.8 cm³/mol. The molecule has 1 aromatic carbocycles. The highest BCUT2D eigenvalue weighted by molar-refractivity contribution is 5.73. The van der Waals surface area contributed by atoms with Gasteiger partial charge in [-0.2, -0.15) is 0 Å². The summed E-state index contributed by atoms with van der Waals surface area (Å²) in [7, 11) is 0. The summed E-state index contributed by atoms with van der Waals surface area (Å²) in [5.41, 5.74) is 4.12. The highest BCUT2D eigenvalue weighted by atomic mass is 15.4. The lowest BCUT2D eigenvalue weighted by Crippen LogP contribution is -2.21. The minimum Gasteiger partial charge on any atom is -0.310 e. The normalized spacial score (nSPS) is 11.4. The Balaban J connectivity index is 1.73. The minimum absolute atomic E-state index is 0.478. The van der Waals surface area contributed by atoms with Gasteiger partial charge in [0.15, 0.2) is 0 Å². The van der Waals surface area contributed by atoms with Crippen molar-refractivity contribution in [2.24, 2.45) is 0 Å². The zero-order chi connectivity index (χ0) is 14.7. The molecule has 0 radical (unpaired) electrons. The van der Waals surface area contributed by atoms with Gasteiger partial charge in [0.2, 0.25) is 0 Å². The van der Waals surface area contributed by atoms with Crippen molar-refractivity contribution in [2.75, 3.05) is 0 Å². The van der Waals surface area contributed by atoms with Gasteiger partial charge < -0.3 is 5.32 Å². The number of nitrogens with zero attached hydrogens (tertiary/aromatic N) is 4. The van der Waals surface area contributed by atoms with Gasteiger partial charge in [-0.05, 0) is 23.8 Å². The molecule has 21 heavy (non-hydrogen) atoms. The number of hydrogen-bond acceptors (Lipinski definition) is 4. The van der Waals surface area contributed by atoms with Gasteiger partial charge in [0, 0.05) is 18.8 Å². The van der Waals surface area contributed by atoms with Crippen LogP contribution >= 0.6 is 0 Å². The largest absolute Gasteiger partial charge is 0.310 e. The zero-order valence-electron chi connectivity index (χ0n) is 12.3. The number of fused-ring (bicyclic) bond motifs is 1. The summed E-state index contributed by atoms with van der Waals surface area (Å²) in [4.78, 5) is 4.51. The van der Waals surface area contributed by atoms with Gasteiger partial charge in [0.25, 0.3) is 0 Å². The second-order valence-electron chi connectivity index (χ2n) is 5.43. The monoisotopic (exact) mass is 281 g/mol. The topological polar surface area (TPSA) is 55.6 Å². The molecule has 0 spiro atoms. The number of benzene rings is 1. The summed E-state index contributed by atoms with van der Waals surface area (Å²) in [6.45, 7) is 5.75. The van der Waals surface area contributed by atoms with Crippen LogP contribution in [-0.4, -0.2) is 26.0 Å². The Bertz CT molecular complexity index is 715. The van der Waals surface area contributed by atoms with Gasteiger partial charge in [0.1, 0.15) is 5.52 Å². The van der Waals surface area contributed by atoms with Crippen LogP contribution in [0.3, 0.4) is 0 Å². The maximum atomic E-state index is 4.51. The Morgan fingerprint density at radius 3 is 2.76 bits per heavy atom. The molecule has 0 aliphatic heterocycles. The fourth-order valence-corrected chi connectivity index (χ4v) is 2.16. The van der Waals surface area contributed by atoms with Crippen molar-refractivity contribution in [1.29, 1.82) is 0 Å². The number of para-hydroxylation sites is 1. The number of aromatic nitrogens is 4. The van der Waals surface area contributed by atoms with Crippen LogP contribution in [0.25, 0.3) is 11.0 Å². The summed E-state index contributed by atoms with van der Waals surface area (Å²) in [6.07, 6.45) is 1.92. The van der Waals surface area contributed by atoms with E-state index in [0.717, 1.165) is 23.3 Å². The van der Waals surface area contributed by atoms with E-state index in [2.05, 4.69) is 40.5 Å². The van der Waals surface area contributed by atoms with Gasteiger partial charge in [-0.1, -0.05) is 37.3 Å². The van der Waals surface area contributed by atoms with E-state index in [-0.39, 0.29) is 0 Å². The first kappa shape index (κ1) is 13.7. The first-order chi connectivity index (χ1) is 10.2. The third kappa shape index (κ3) is 3.25. The third-order valence-electron chi connectivity index (χ3n) is 3.33. The maximum Gasteiger partial charge on any atom is 0.113 e. The lowest BCUT2D eigenvalue weighted by molar-refractivity contribution is 0.587. The summed E-state index contributed by atoms with van der Waals surface area (Å²) in [5.74, 6) is 0. The fourth-order valence-electron chi connectivity index (χ4n) is 2.16. The molecule has 0 aliphatic rings. The smallest absolute Gasteiger partial charge is 0.113 e. The number of pyridine rings is 1. The summed E-state index contributed by atoms with van der Waals surface area (Å²) < 4.78 is 1.88. The van der Waals surface area contributed by atoms with E-state index in [0.29, 0.717) is 12.6 Å². The van der Waals surface area contributed by atoms with Crippen LogP contribution in [-0.2, 0) is 13.1 Å². The molecule has 2 heterocycles. The zero-order valence-corrected chi connectivity index (χ0v) is 12.3. The average Bonchev–Trinajstić information content (AvgIpc) is 2.90.